The molecule has 98 valence electrons. The quantitative estimate of drug-likeness (QED) is 0.846. The van der Waals surface area contributed by atoms with E-state index >= 15 is 0 Å². The van der Waals surface area contributed by atoms with E-state index in [0.717, 1.165) is 11.7 Å². The Morgan fingerprint density at radius 1 is 1.29 bits per heavy atom. The Labute approximate surface area is 109 Å². The van der Waals surface area contributed by atoms with E-state index in [1.165, 1.54) is 4.88 Å². The zero-order chi connectivity index (χ0) is 13.0. The Morgan fingerprint density at radius 2 is 1.94 bits per heavy atom. The van der Waals surface area contributed by atoms with Gasteiger partial charge in [0.2, 0.25) is 0 Å². The molecule has 1 heterocycles. The summed E-state index contributed by atoms with van der Waals surface area (Å²) in [5, 5.41) is 4.54. The van der Waals surface area contributed by atoms with Crippen molar-refractivity contribution in [1.82, 2.24) is 10.3 Å². The first-order chi connectivity index (χ1) is 7.91. The lowest BCUT2D eigenvalue weighted by Crippen LogP contribution is -2.32. The smallest absolute Gasteiger partial charge is 0.185 e. The van der Waals surface area contributed by atoms with Crippen LogP contribution in [0.1, 0.15) is 39.5 Å². The van der Waals surface area contributed by atoms with Crippen molar-refractivity contribution in [3.8, 4) is 0 Å². The number of hydrogen-bond acceptors (Lipinski definition) is 4. The van der Waals surface area contributed by atoms with Gasteiger partial charge in [-0.25, -0.2) is 4.98 Å². The van der Waals surface area contributed by atoms with Gasteiger partial charge in [0.1, 0.15) is 0 Å². The summed E-state index contributed by atoms with van der Waals surface area (Å²) < 4.78 is 0. The topological polar surface area (TPSA) is 28.2 Å². The van der Waals surface area contributed by atoms with E-state index in [1.54, 1.807) is 11.3 Å². The first-order valence-electron chi connectivity index (χ1n) is 6.32. The average Bonchev–Trinajstić information content (AvgIpc) is 2.72. The molecule has 1 atom stereocenters. The fourth-order valence-corrected chi connectivity index (χ4v) is 2.38. The lowest BCUT2D eigenvalue weighted by atomic mass is 10.1. The Hall–Kier alpha value is -0.610. The third kappa shape index (κ3) is 4.28. The second-order valence-electron chi connectivity index (χ2n) is 5.24. The number of nitrogens with zero attached hydrogens (tertiary/aromatic N) is 2. The summed E-state index contributed by atoms with van der Waals surface area (Å²) in [6, 6.07) is 1.04. The van der Waals surface area contributed by atoms with E-state index in [1.807, 2.05) is 6.20 Å². The Morgan fingerprint density at radius 3 is 2.47 bits per heavy atom. The van der Waals surface area contributed by atoms with Gasteiger partial charge in [-0.3, -0.25) is 0 Å². The van der Waals surface area contributed by atoms with Crippen LogP contribution in [-0.4, -0.2) is 24.1 Å². The van der Waals surface area contributed by atoms with Crippen molar-refractivity contribution in [2.24, 2.45) is 5.92 Å². The fraction of sp³-hybridized carbons (Fsp3) is 0.769. The van der Waals surface area contributed by atoms with Crippen LogP contribution < -0.4 is 10.2 Å². The van der Waals surface area contributed by atoms with E-state index in [9.17, 15) is 0 Å². The normalized spacial score (nSPS) is 13.4. The van der Waals surface area contributed by atoms with E-state index in [-0.39, 0.29) is 0 Å². The van der Waals surface area contributed by atoms with Crippen molar-refractivity contribution in [2.45, 2.75) is 53.2 Å². The summed E-state index contributed by atoms with van der Waals surface area (Å²) >= 11 is 1.78. The highest BCUT2D eigenvalue weighted by Gasteiger charge is 2.16. The minimum Gasteiger partial charge on any atom is -0.348 e. The van der Waals surface area contributed by atoms with E-state index in [4.69, 9.17) is 0 Å². The fourth-order valence-electron chi connectivity index (χ4n) is 1.47. The van der Waals surface area contributed by atoms with Gasteiger partial charge in [-0.05, 0) is 12.8 Å². The van der Waals surface area contributed by atoms with Gasteiger partial charge in [0.15, 0.2) is 5.13 Å². The minimum atomic E-state index is 0.520. The molecular weight excluding hydrogens is 230 g/mol. The predicted octanol–water partition coefficient (Wildman–Crippen LogP) is 3.12. The highest BCUT2D eigenvalue weighted by molar-refractivity contribution is 7.15. The third-order valence-electron chi connectivity index (χ3n) is 3.10. The minimum absolute atomic E-state index is 0.520. The zero-order valence-electron chi connectivity index (χ0n) is 11.8. The maximum absolute atomic E-state index is 4.50. The Balaban J connectivity index is 2.61. The van der Waals surface area contributed by atoms with Crippen LogP contribution in [0.15, 0.2) is 6.20 Å². The molecule has 0 aliphatic carbocycles. The molecule has 1 rings (SSSR count). The van der Waals surface area contributed by atoms with Crippen molar-refractivity contribution < 1.29 is 0 Å². The molecule has 1 unspecified atom stereocenters. The lowest BCUT2D eigenvalue weighted by Gasteiger charge is -2.27. The highest BCUT2D eigenvalue weighted by atomic mass is 32.1. The van der Waals surface area contributed by atoms with Gasteiger partial charge in [0.05, 0.1) is 0 Å². The molecular formula is C13H25N3S. The highest BCUT2D eigenvalue weighted by Crippen LogP contribution is 2.24. The standard InChI is InChI=1S/C13H25N3S/c1-9(2)11(5)16(6)13-15-8-12(17-13)7-14-10(3)4/h8-11,14H,7H2,1-6H3. The van der Waals surface area contributed by atoms with Crippen LogP contribution in [0.2, 0.25) is 0 Å². The van der Waals surface area contributed by atoms with Gasteiger partial charge in [0.25, 0.3) is 0 Å². The van der Waals surface area contributed by atoms with Gasteiger partial charge < -0.3 is 10.2 Å². The van der Waals surface area contributed by atoms with Crippen LogP contribution in [0.5, 0.6) is 0 Å². The predicted molar refractivity (Wildman–Crippen MR) is 76.8 cm³/mol. The summed E-state index contributed by atoms with van der Waals surface area (Å²) in [6.07, 6.45) is 1.99. The van der Waals surface area contributed by atoms with Gasteiger partial charge in [0, 0.05) is 36.8 Å². The molecule has 0 saturated carbocycles. The molecule has 0 spiro atoms. The summed E-state index contributed by atoms with van der Waals surface area (Å²) in [7, 11) is 2.13. The van der Waals surface area contributed by atoms with Crippen LogP contribution in [-0.2, 0) is 6.54 Å². The first-order valence-corrected chi connectivity index (χ1v) is 7.14. The second-order valence-corrected chi connectivity index (χ2v) is 6.33. The van der Waals surface area contributed by atoms with E-state index in [2.05, 4.69) is 56.9 Å². The Kier molecular flexibility index (Phi) is 5.40. The zero-order valence-corrected chi connectivity index (χ0v) is 12.6. The van der Waals surface area contributed by atoms with Crippen molar-refractivity contribution >= 4 is 16.5 Å². The van der Waals surface area contributed by atoms with Gasteiger partial charge in [-0.15, -0.1) is 11.3 Å². The monoisotopic (exact) mass is 255 g/mol. The van der Waals surface area contributed by atoms with Crippen molar-refractivity contribution in [3.63, 3.8) is 0 Å². The van der Waals surface area contributed by atoms with E-state index in [0.29, 0.717) is 18.0 Å². The number of thiazole rings is 1. The summed E-state index contributed by atoms with van der Waals surface area (Å²) in [4.78, 5) is 8.08. The number of aromatic nitrogens is 1. The van der Waals surface area contributed by atoms with Crippen LogP contribution in [0, 0.1) is 5.92 Å². The van der Waals surface area contributed by atoms with Gasteiger partial charge >= 0.3 is 0 Å². The van der Waals surface area contributed by atoms with Gasteiger partial charge in [-0.1, -0.05) is 27.7 Å². The Bertz CT molecular complexity index is 333. The van der Waals surface area contributed by atoms with Gasteiger partial charge in [-0.2, -0.15) is 0 Å². The molecule has 0 amide bonds. The molecule has 0 bridgehead atoms. The molecule has 0 radical (unpaired) electrons. The molecule has 3 nitrogen and oxygen atoms in total. The number of rotatable bonds is 6. The van der Waals surface area contributed by atoms with Crippen LogP contribution >= 0.6 is 11.3 Å². The maximum atomic E-state index is 4.50. The molecule has 0 fully saturated rings. The largest absolute Gasteiger partial charge is 0.348 e. The summed E-state index contributed by atoms with van der Waals surface area (Å²) in [5.74, 6) is 0.640. The second kappa shape index (κ2) is 6.36. The maximum Gasteiger partial charge on any atom is 0.185 e. The third-order valence-corrected chi connectivity index (χ3v) is 4.19. The summed E-state index contributed by atoms with van der Waals surface area (Å²) in [5.41, 5.74) is 0. The van der Waals surface area contributed by atoms with Crippen molar-refractivity contribution in [1.29, 1.82) is 0 Å². The molecule has 1 aromatic rings. The molecule has 0 saturated heterocycles. The van der Waals surface area contributed by atoms with Crippen molar-refractivity contribution in [3.05, 3.63) is 11.1 Å². The van der Waals surface area contributed by atoms with Crippen LogP contribution in [0.25, 0.3) is 0 Å². The molecule has 0 aliphatic heterocycles. The van der Waals surface area contributed by atoms with Crippen molar-refractivity contribution in [2.75, 3.05) is 11.9 Å². The average molecular weight is 255 g/mol. The molecule has 4 heteroatoms. The lowest BCUT2D eigenvalue weighted by molar-refractivity contribution is 0.505. The molecule has 1 aromatic heterocycles. The molecule has 17 heavy (non-hydrogen) atoms. The van der Waals surface area contributed by atoms with Crippen LogP contribution in [0.4, 0.5) is 5.13 Å². The van der Waals surface area contributed by atoms with E-state index < -0.39 is 0 Å². The molecule has 0 aliphatic rings. The first kappa shape index (κ1) is 14.5. The molecule has 1 N–H and O–H groups in total. The number of hydrogen-bond donors (Lipinski definition) is 1. The summed E-state index contributed by atoms with van der Waals surface area (Å²) in [6.45, 7) is 12.0. The number of nitrogens with one attached hydrogen (secondary N) is 1. The van der Waals surface area contributed by atoms with Crippen LogP contribution in [0.3, 0.4) is 0 Å². The number of anilines is 1. The molecule has 0 aromatic carbocycles. The SMILES string of the molecule is CC(C)NCc1cnc(N(C)C(C)C(C)C)s1.